The predicted molar refractivity (Wildman–Crippen MR) is 86.0 cm³/mol. The largest absolute Gasteiger partial charge is 0.397 e. The summed E-state index contributed by atoms with van der Waals surface area (Å²) >= 11 is 0. The van der Waals surface area contributed by atoms with Crippen molar-refractivity contribution in [1.82, 2.24) is 9.88 Å². The van der Waals surface area contributed by atoms with Gasteiger partial charge >= 0.3 is 6.03 Å². The average Bonchev–Trinajstić information content (AvgIpc) is 2.49. The molecule has 2 amide bonds. The van der Waals surface area contributed by atoms with E-state index in [2.05, 4.69) is 10.3 Å². The number of aromatic nitrogens is 1. The topological polar surface area (TPSA) is 71.2 Å². The van der Waals surface area contributed by atoms with Gasteiger partial charge in [-0.1, -0.05) is 12.1 Å². The number of benzene rings is 1. The van der Waals surface area contributed by atoms with Crippen molar-refractivity contribution in [3.05, 3.63) is 42.7 Å². The highest BCUT2D eigenvalue weighted by Gasteiger charge is 2.09. The van der Waals surface area contributed by atoms with E-state index in [1.165, 1.54) is 0 Å². The first kappa shape index (κ1) is 14.8. The van der Waals surface area contributed by atoms with E-state index in [4.69, 9.17) is 5.73 Å². The smallest absolute Gasteiger partial charge is 0.321 e. The number of rotatable bonds is 4. The fourth-order valence-electron chi connectivity index (χ4n) is 2.07. The Balaban J connectivity index is 2.10. The highest BCUT2D eigenvalue weighted by atomic mass is 16.2. The van der Waals surface area contributed by atoms with Crippen LogP contribution in [0, 0.1) is 0 Å². The molecular formula is C16H20N4O. The molecule has 0 unspecified atom stereocenters. The van der Waals surface area contributed by atoms with Crippen molar-refractivity contribution in [2.75, 3.05) is 24.1 Å². The summed E-state index contributed by atoms with van der Waals surface area (Å²) in [4.78, 5) is 17.8. The summed E-state index contributed by atoms with van der Waals surface area (Å²) in [5.74, 6) is 0. The number of carbonyl (C=O) groups excluding carboxylic acids is 1. The number of anilines is 2. The Hall–Kier alpha value is -2.56. The van der Waals surface area contributed by atoms with E-state index in [-0.39, 0.29) is 6.03 Å². The van der Waals surface area contributed by atoms with Crippen LogP contribution in [0.1, 0.15) is 13.8 Å². The molecule has 0 radical (unpaired) electrons. The van der Waals surface area contributed by atoms with Crippen molar-refractivity contribution in [2.24, 2.45) is 0 Å². The number of nitrogens with one attached hydrogen (secondary N) is 1. The number of carbonyl (C=O) groups is 1. The van der Waals surface area contributed by atoms with Crippen LogP contribution in [-0.2, 0) is 0 Å². The number of nitrogen functional groups attached to an aromatic ring is 1. The van der Waals surface area contributed by atoms with Gasteiger partial charge < -0.3 is 16.0 Å². The van der Waals surface area contributed by atoms with E-state index in [1.54, 1.807) is 17.3 Å². The maximum absolute atomic E-state index is 12.0. The molecule has 0 fully saturated rings. The lowest BCUT2D eigenvalue weighted by Crippen LogP contribution is -2.34. The van der Waals surface area contributed by atoms with Crippen LogP contribution in [0.15, 0.2) is 42.7 Å². The summed E-state index contributed by atoms with van der Waals surface area (Å²) in [6.45, 7) is 5.29. The van der Waals surface area contributed by atoms with E-state index < -0.39 is 0 Å². The number of hydrogen-bond donors (Lipinski definition) is 2. The zero-order chi connectivity index (χ0) is 15.2. The van der Waals surface area contributed by atoms with Crippen LogP contribution in [0.2, 0.25) is 0 Å². The maximum Gasteiger partial charge on any atom is 0.321 e. The van der Waals surface area contributed by atoms with Crippen molar-refractivity contribution in [3.63, 3.8) is 0 Å². The number of urea groups is 1. The Bertz CT molecular complexity index is 606. The number of pyridine rings is 1. The van der Waals surface area contributed by atoms with Gasteiger partial charge in [0.25, 0.3) is 0 Å². The fraction of sp³-hybridized carbons (Fsp3) is 0.250. The van der Waals surface area contributed by atoms with Crippen molar-refractivity contribution < 1.29 is 4.79 Å². The normalized spacial score (nSPS) is 10.2. The molecule has 0 saturated carbocycles. The molecule has 0 bridgehead atoms. The summed E-state index contributed by atoms with van der Waals surface area (Å²) in [5, 5.41) is 2.88. The van der Waals surface area contributed by atoms with Gasteiger partial charge in [0.1, 0.15) is 0 Å². The van der Waals surface area contributed by atoms with Crippen molar-refractivity contribution in [2.45, 2.75) is 13.8 Å². The van der Waals surface area contributed by atoms with Crippen molar-refractivity contribution in [3.8, 4) is 11.1 Å². The molecule has 0 aliphatic rings. The molecule has 2 rings (SSSR count). The average molecular weight is 284 g/mol. The number of nitrogens with two attached hydrogens (primary N) is 1. The Morgan fingerprint density at radius 2 is 1.81 bits per heavy atom. The van der Waals surface area contributed by atoms with E-state index >= 15 is 0 Å². The van der Waals surface area contributed by atoms with Gasteiger partial charge in [-0.25, -0.2) is 4.79 Å². The highest BCUT2D eigenvalue weighted by molar-refractivity contribution is 5.89. The lowest BCUT2D eigenvalue weighted by atomic mass is 10.1. The molecule has 1 heterocycles. The summed E-state index contributed by atoms with van der Waals surface area (Å²) in [5.41, 5.74) is 9.10. The molecule has 0 aliphatic heterocycles. The molecule has 0 saturated heterocycles. The molecule has 0 atom stereocenters. The van der Waals surface area contributed by atoms with Gasteiger partial charge in [0.2, 0.25) is 0 Å². The van der Waals surface area contributed by atoms with Crippen LogP contribution in [0.5, 0.6) is 0 Å². The third-order valence-electron chi connectivity index (χ3n) is 3.28. The second kappa shape index (κ2) is 6.74. The van der Waals surface area contributed by atoms with Gasteiger partial charge in [-0.05, 0) is 37.6 Å². The van der Waals surface area contributed by atoms with Crippen LogP contribution in [0.4, 0.5) is 16.2 Å². The van der Waals surface area contributed by atoms with Gasteiger partial charge in [0, 0.05) is 36.7 Å². The van der Waals surface area contributed by atoms with Gasteiger partial charge in [-0.3, -0.25) is 4.98 Å². The second-order valence-corrected chi connectivity index (χ2v) is 4.69. The zero-order valence-corrected chi connectivity index (χ0v) is 12.3. The van der Waals surface area contributed by atoms with Gasteiger partial charge in [0.05, 0.1) is 5.69 Å². The minimum atomic E-state index is -0.0848. The molecule has 1 aromatic carbocycles. The first-order valence-electron chi connectivity index (χ1n) is 7.01. The summed E-state index contributed by atoms with van der Waals surface area (Å²) < 4.78 is 0. The van der Waals surface area contributed by atoms with Gasteiger partial charge in [0.15, 0.2) is 0 Å². The summed E-state index contributed by atoms with van der Waals surface area (Å²) in [6.07, 6.45) is 3.38. The minimum Gasteiger partial charge on any atom is -0.397 e. The molecule has 1 aromatic heterocycles. The Labute approximate surface area is 124 Å². The molecule has 110 valence electrons. The summed E-state index contributed by atoms with van der Waals surface area (Å²) in [7, 11) is 0. The van der Waals surface area contributed by atoms with Crippen LogP contribution < -0.4 is 11.1 Å². The van der Waals surface area contributed by atoms with Gasteiger partial charge in [-0.2, -0.15) is 0 Å². The molecule has 0 spiro atoms. The third-order valence-corrected chi connectivity index (χ3v) is 3.28. The van der Waals surface area contributed by atoms with Gasteiger partial charge in [-0.15, -0.1) is 0 Å². The lowest BCUT2D eigenvalue weighted by Gasteiger charge is -2.19. The first-order chi connectivity index (χ1) is 10.1. The molecule has 0 aliphatic carbocycles. The lowest BCUT2D eigenvalue weighted by molar-refractivity contribution is 0.217. The SMILES string of the molecule is CCN(CC)C(=O)Nc1ccc(-c2cncc(N)c2)cc1. The van der Waals surface area contributed by atoms with E-state index in [0.717, 1.165) is 16.8 Å². The third kappa shape index (κ3) is 3.72. The monoisotopic (exact) mass is 284 g/mol. The van der Waals surface area contributed by atoms with E-state index in [0.29, 0.717) is 18.8 Å². The maximum atomic E-state index is 12.0. The minimum absolute atomic E-state index is 0.0848. The second-order valence-electron chi connectivity index (χ2n) is 4.69. The van der Waals surface area contributed by atoms with Crippen molar-refractivity contribution in [1.29, 1.82) is 0 Å². The molecule has 5 nitrogen and oxygen atoms in total. The van der Waals surface area contributed by atoms with Crippen LogP contribution in [0.3, 0.4) is 0 Å². The zero-order valence-electron chi connectivity index (χ0n) is 12.3. The highest BCUT2D eigenvalue weighted by Crippen LogP contribution is 2.22. The van der Waals surface area contributed by atoms with E-state index in [9.17, 15) is 4.79 Å². The Morgan fingerprint density at radius 3 is 2.38 bits per heavy atom. The molecule has 21 heavy (non-hydrogen) atoms. The quantitative estimate of drug-likeness (QED) is 0.905. The van der Waals surface area contributed by atoms with Crippen LogP contribution in [0.25, 0.3) is 11.1 Å². The fourth-order valence-corrected chi connectivity index (χ4v) is 2.07. The van der Waals surface area contributed by atoms with E-state index in [1.807, 2.05) is 44.2 Å². The molecular weight excluding hydrogens is 264 g/mol. The molecule has 5 heteroatoms. The predicted octanol–water partition coefficient (Wildman–Crippen LogP) is 3.20. The first-order valence-corrected chi connectivity index (χ1v) is 7.01. The van der Waals surface area contributed by atoms with Crippen LogP contribution in [-0.4, -0.2) is 29.0 Å². The Morgan fingerprint density at radius 1 is 1.14 bits per heavy atom. The standard InChI is InChI=1S/C16H20N4O/c1-3-20(4-2)16(21)19-15-7-5-12(6-8-15)13-9-14(17)11-18-10-13/h5-11H,3-4,17H2,1-2H3,(H,19,21). The van der Waals surface area contributed by atoms with Crippen LogP contribution >= 0.6 is 0 Å². The summed E-state index contributed by atoms with van der Waals surface area (Å²) in [6, 6.07) is 9.41. The number of amides is 2. The molecule has 3 N–H and O–H groups in total. The Kier molecular flexibility index (Phi) is 4.77. The van der Waals surface area contributed by atoms with Crippen molar-refractivity contribution >= 4 is 17.4 Å². The molecule has 2 aromatic rings. The number of hydrogen-bond acceptors (Lipinski definition) is 3. The number of nitrogens with zero attached hydrogens (tertiary/aromatic N) is 2.